The number of nitrogens with two attached hydrogens (primary N) is 1. The minimum atomic E-state index is -0.0560. The minimum Gasteiger partial charge on any atom is -0.396 e. The van der Waals surface area contributed by atoms with Crippen LogP contribution in [0.5, 0.6) is 0 Å². The molecule has 7 nitrogen and oxygen atoms in total. The Bertz CT molecular complexity index is 509. The molecule has 0 radical (unpaired) electrons. The molecular weight excluding hydrogens is 234 g/mol. The summed E-state index contributed by atoms with van der Waals surface area (Å²) in [5.74, 6) is 0.173. The molecule has 0 aliphatic heterocycles. The van der Waals surface area contributed by atoms with Gasteiger partial charge in [0.2, 0.25) is 5.95 Å². The SMILES string of the molecule is Nc1ncc2ncn(CCCC(CO)CO)c2n1. The number of anilines is 1. The second-order valence-electron chi connectivity index (χ2n) is 4.25. The Morgan fingerprint density at radius 1 is 1.28 bits per heavy atom. The molecule has 0 saturated carbocycles. The lowest BCUT2D eigenvalue weighted by Gasteiger charge is -2.10. The van der Waals surface area contributed by atoms with Gasteiger partial charge in [0.15, 0.2) is 5.65 Å². The van der Waals surface area contributed by atoms with Gasteiger partial charge in [-0.1, -0.05) is 0 Å². The summed E-state index contributed by atoms with van der Waals surface area (Å²) in [7, 11) is 0. The second-order valence-corrected chi connectivity index (χ2v) is 4.25. The number of aromatic nitrogens is 4. The molecule has 0 aliphatic carbocycles. The van der Waals surface area contributed by atoms with Crippen LogP contribution in [0, 0.1) is 5.92 Å². The first kappa shape index (κ1) is 12.7. The van der Waals surface area contributed by atoms with Crippen molar-refractivity contribution >= 4 is 17.1 Å². The third kappa shape index (κ3) is 2.74. The topological polar surface area (TPSA) is 110 Å². The van der Waals surface area contributed by atoms with E-state index in [2.05, 4.69) is 15.0 Å². The van der Waals surface area contributed by atoms with Crippen LogP contribution >= 0.6 is 0 Å². The standard InChI is InChI=1S/C11H17N5O2/c12-11-13-4-9-10(15-11)16(7-14-9)3-1-2-8(5-17)6-18/h4,7-8,17-18H,1-3,5-6H2,(H2,12,13,15). The lowest BCUT2D eigenvalue weighted by molar-refractivity contribution is 0.141. The number of aliphatic hydroxyl groups is 2. The molecule has 2 aromatic rings. The van der Waals surface area contributed by atoms with E-state index in [1.807, 2.05) is 4.57 Å². The zero-order valence-electron chi connectivity index (χ0n) is 10.0. The van der Waals surface area contributed by atoms with Crippen molar-refractivity contribution in [2.24, 2.45) is 5.92 Å². The van der Waals surface area contributed by atoms with Gasteiger partial charge in [0.25, 0.3) is 0 Å². The predicted octanol–water partition coefficient (Wildman–Crippen LogP) is -0.211. The number of aryl methyl sites for hydroxylation is 1. The van der Waals surface area contributed by atoms with Crippen molar-refractivity contribution in [1.29, 1.82) is 0 Å². The normalized spacial score (nSPS) is 11.5. The Labute approximate surface area is 104 Å². The van der Waals surface area contributed by atoms with Gasteiger partial charge in [0, 0.05) is 25.7 Å². The van der Waals surface area contributed by atoms with Crippen LogP contribution in [0.4, 0.5) is 5.95 Å². The van der Waals surface area contributed by atoms with Gasteiger partial charge in [0.1, 0.15) is 5.52 Å². The van der Waals surface area contributed by atoms with Crippen molar-refractivity contribution in [1.82, 2.24) is 19.5 Å². The Morgan fingerprint density at radius 3 is 2.78 bits per heavy atom. The zero-order chi connectivity index (χ0) is 13.0. The molecule has 0 aliphatic rings. The molecule has 0 atom stereocenters. The smallest absolute Gasteiger partial charge is 0.222 e. The van der Waals surface area contributed by atoms with Gasteiger partial charge < -0.3 is 20.5 Å². The van der Waals surface area contributed by atoms with Crippen LogP contribution in [0.3, 0.4) is 0 Å². The van der Waals surface area contributed by atoms with Crippen LogP contribution in [0.2, 0.25) is 0 Å². The number of aliphatic hydroxyl groups excluding tert-OH is 2. The number of imidazole rings is 1. The van der Waals surface area contributed by atoms with Gasteiger partial charge in [-0.15, -0.1) is 0 Å². The fourth-order valence-corrected chi connectivity index (χ4v) is 1.82. The molecule has 18 heavy (non-hydrogen) atoms. The van der Waals surface area contributed by atoms with Crippen LogP contribution < -0.4 is 5.73 Å². The third-order valence-electron chi connectivity index (χ3n) is 2.90. The van der Waals surface area contributed by atoms with E-state index < -0.39 is 0 Å². The van der Waals surface area contributed by atoms with Gasteiger partial charge >= 0.3 is 0 Å². The summed E-state index contributed by atoms with van der Waals surface area (Å²) >= 11 is 0. The molecule has 0 unspecified atom stereocenters. The number of fused-ring (bicyclic) bond motifs is 1. The Hall–Kier alpha value is -1.73. The maximum absolute atomic E-state index is 8.98. The monoisotopic (exact) mass is 251 g/mol. The van der Waals surface area contributed by atoms with Crippen molar-refractivity contribution in [3.05, 3.63) is 12.5 Å². The average Bonchev–Trinajstić information content (AvgIpc) is 2.77. The van der Waals surface area contributed by atoms with Crippen LogP contribution in [-0.2, 0) is 6.54 Å². The second kappa shape index (κ2) is 5.74. The van der Waals surface area contributed by atoms with Crippen LogP contribution in [0.1, 0.15) is 12.8 Å². The zero-order valence-corrected chi connectivity index (χ0v) is 10.0. The molecule has 4 N–H and O–H groups in total. The van der Waals surface area contributed by atoms with Crippen molar-refractivity contribution in [2.45, 2.75) is 19.4 Å². The van der Waals surface area contributed by atoms with E-state index in [9.17, 15) is 0 Å². The summed E-state index contributed by atoms with van der Waals surface area (Å²) < 4.78 is 1.90. The summed E-state index contributed by atoms with van der Waals surface area (Å²) in [6, 6.07) is 0. The van der Waals surface area contributed by atoms with Crippen molar-refractivity contribution in [2.75, 3.05) is 18.9 Å². The number of hydrogen-bond donors (Lipinski definition) is 3. The molecule has 2 heterocycles. The summed E-state index contributed by atoms with van der Waals surface area (Å²) in [5, 5.41) is 18.0. The first-order chi connectivity index (χ1) is 8.74. The van der Waals surface area contributed by atoms with Crippen LogP contribution in [0.15, 0.2) is 12.5 Å². The van der Waals surface area contributed by atoms with Crippen LogP contribution in [0.25, 0.3) is 11.2 Å². The molecule has 2 aromatic heterocycles. The van der Waals surface area contributed by atoms with E-state index in [1.165, 1.54) is 0 Å². The van der Waals surface area contributed by atoms with E-state index in [1.54, 1.807) is 12.5 Å². The highest BCUT2D eigenvalue weighted by molar-refractivity contribution is 5.70. The molecule has 0 fully saturated rings. The van der Waals surface area contributed by atoms with Gasteiger partial charge in [-0.2, -0.15) is 4.98 Å². The summed E-state index contributed by atoms with van der Waals surface area (Å²) in [6.45, 7) is 0.746. The molecule has 0 bridgehead atoms. The predicted molar refractivity (Wildman–Crippen MR) is 66.6 cm³/mol. The molecule has 2 rings (SSSR count). The molecule has 0 amide bonds. The summed E-state index contributed by atoms with van der Waals surface area (Å²) in [4.78, 5) is 12.2. The lowest BCUT2D eigenvalue weighted by atomic mass is 10.1. The van der Waals surface area contributed by atoms with Gasteiger partial charge in [0.05, 0.1) is 12.5 Å². The fraction of sp³-hybridized carbons (Fsp3) is 0.545. The Morgan fingerprint density at radius 2 is 2.06 bits per heavy atom. The quantitative estimate of drug-likeness (QED) is 0.655. The first-order valence-corrected chi connectivity index (χ1v) is 5.89. The van der Waals surface area contributed by atoms with Gasteiger partial charge in [-0.25, -0.2) is 9.97 Å². The molecular formula is C11H17N5O2. The molecule has 0 saturated heterocycles. The van der Waals surface area contributed by atoms with E-state index >= 15 is 0 Å². The largest absolute Gasteiger partial charge is 0.396 e. The molecule has 0 spiro atoms. The fourth-order valence-electron chi connectivity index (χ4n) is 1.82. The van der Waals surface area contributed by atoms with Crippen molar-refractivity contribution in [3.63, 3.8) is 0 Å². The Balaban J connectivity index is 2.01. The minimum absolute atomic E-state index is 0.0102. The van der Waals surface area contributed by atoms with E-state index in [4.69, 9.17) is 15.9 Å². The highest BCUT2D eigenvalue weighted by Gasteiger charge is 2.08. The van der Waals surface area contributed by atoms with E-state index in [0.29, 0.717) is 11.2 Å². The van der Waals surface area contributed by atoms with Gasteiger partial charge in [-0.3, -0.25) is 0 Å². The van der Waals surface area contributed by atoms with E-state index in [0.717, 1.165) is 19.4 Å². The Kier molecular flexibility index (Phi) is 4.06. The van der Waals surface area contributed by atoms with E-state index in [-0.39, 0.29) is 25.1 Å². The number of hydrogen-bond acceptors (Lipinski definition) is 6. The summed E-state index contributed by atoms with van der Waals surface area (Å²) in [6.07, 6.45) is 4.89. The number of nitrogen functional groups attached to an aromatic ring is 1. The number of nitrogens with zero attached hydrogens (tertiary/aromatic N) is 4. The van der Waals surface area contributed by atoms with Crippen LogP contribution in [-0.4, -0.2) is 42.9 Å². The average molecular weight is 251 g/mol. The summed E-state index contributed by atoms with van der Waals surface area (Å²) in [5.41, 5.74) is 6.97. The highest BCUT2D eigenvalue weighted by atomic mass is 16.3. The molecule has 0 aromatic carbocycles. The third-order valence-corrected chi connectivity index (χ3v) is 2.90. The molecule has 7 heteroatoms. The highest BCUT2D eigenvalue weighted by Crippen LogP contribution is 2.12. The van der Waals surface area contributed by atoms with Gasteiger partial charge in [-0.05, 0) is 12.8 Å². The first-order valence-electron chi connectivity index (χ1n) is 5.89. The van der Waals surface area contributed by atoms with Crippen molar-refractivity contribution in [3.8, 4) is 0 Å². The molecule has 98 valence electrons. The maximum Gasteiger partial charge on any atom is 0.222 e. The lowest BCUT2D eigenvalue weighted by Crippen LogP contribution is -2.12. The number of rotatable bonds is 6. The van der Waals surface area contributed by atoms with Crippen molar-refractivity contribution < 1.29 is 10.2 Å². The maximum atomic E-state index is 8.98.